The second-order valence-electron chi connectivity index (χ2n) is 5.99. The highest BCUT2D eigenvalue weighted by Crippen LogP contribution is 2.21. The van der Waals surface area contributed by atoms with Crippen molar-refractivity contribution in [1.29, 1.82) is 0 Å². The number of aromatic nitrogens is 1. The van der Waals surface area contributed by atoms with Gasteiger partial charge in [0.1, 0.15) is 16.9 Å². The highest BCUT2D eigenvalue weighted by molar-refractivity contribution is 7.09. The fraction of sp³-hybridized carbons (Fsp3) is 0.444. The standard InChI is InChI=1S/C18H22N2O3S/c1-13-12-24-17(19-13)11-20-9-7-16(8-10-20)23-15-5-3-14(4-6-15)18(21)22-2/h3-6,12,16H,7-11H2,1-2H3. The molecule has 0 atom stereocenters. The topological polar surface area (TPSA) is 51.7 Å². The van der Waals surface area contributed by atoms with Crippen molar-refractivity contribution >= 4 is 17.3 Å². The lowest BCUT2D eigenvalue weighted by Crippen LogP contribution is -2.37. The molecule has 0 bridgehead atoms. The molecule has 24 heavy (non-hydrogen) atoms. The van der Waals surface area contributed by atoms with E-state index in [-0.39, 0.29) is 12.1 Å². The number of carbonyl (C=O) groups is 1. The van der Waals surface area contributed by atoms with Crippen molar-refractivity contribution in [2.45, 2.75) is 32.4 Å². The number of carbonyl (C=O) groups excluding carboxylic acids is 1. The van der Waals surface area contributed by atoms with Gasteiger partial charge in [0.15, 0.2) is 0 Å². The van der Waals surface area contributed by atoms with E-state index < -0.39 is 0 Å². The zero-order chi connectivity index (χ0) is 16.9. The summed E-state index contributed by atoms with van der Waals surface area (Å²) in [6.07, 6.45) is 2.23. The van der Waals surface area contributed by atoms with E-state index >= 15 is 0 Å². The summed E-state index contributed by atoms with van der Waals surface area (Å²) < 4.78 is 10.7. The molecule has 128 valence electrons. The highest BCUT2D eigenvalue weighted by Gasteiger charge is 2.21. The number of ether oxygens (including phenoxy) is 2. The quantitative estimate of drug-likeness (QED) is 0.778. The van der Waals surface area contributed by atoms with Gasteiger partial charge in [0.25, 0.3) is 0 Å². The maximum absolute atomic E-state index is 11.4. The molecule has 1 aliphatic heterocycles. The van der Waals surface area contributed by atoms with Crippen LogP contribution in [0.15, 0.2) is 29.6 Å². The lowest BCUT2D eigenvalue weighted by molar-refractivity contribution is 0.0600. The monoisotopic (exact) mass is 346 g/mol. The molecule has 0 radical (unpaired) electrons. The van der Waals surface area contributed by atoms with E-state index in [0.717, 1.165) is 43.9 Å². The number of nitrogens with zero attached hydrogens (tertiary/aromatic N) is 2. The van der Waals surface area contributed by atoms with Crippen LogP contribution in [0.3, 0.4) is 0 Å². The molecular weight excluding hydrogens is 324 g/mol. The number of aryl methyl sites for hydroxylation is 1. The summed E-state index contributed by atoms with van der Waals surface area (Å²) in [5.41, 5.74) is 1.64. The molecule has 1 aromatic carbocycles. The molecule has 1 fully saturated rings. The van der Waals surface area contributed by atoms with Crippen LogP contribution >= 0.6 is 11.3 Å². The smallest absolute Gasteiger partial charge is 0.337 e. The first-order chi connectivity index (χ1) is 11.6. The Labute approximate surface area is 146 Å². The van der Waals surface area contributed by atoms with Crippen molar-refractivity contribution in [3.63, 3.8) is 0 Å². The first-order valence-corrected chi connectivity index (χ1v) is 9.00. The Balaban J connectivity index is 1.47. The first-order valence-electron chi connectivity index (χ1n) is 8.12. The number of methoxy groups -OCH3 is 1. The van der Waals surface area contributed by atoms with Crippen LogP contribution < -0.4 is 4.74 Å². The molecule has 0 N–H and O–H groups in total. The van der Waals surface area contributed by atoms with Crippen molar-refractivity contribution in [3.8, 4) is 5.75 Å². The second-order valence-corrected chi connectivity index (χ2v) is 6.93. The Morgan fingerprint density at radius 1 is 1.29 bits per heavy atom. The van der Waals surface area contributed by atoms with Crippen LogP contribution in [0.25, 0.3) is 0 Å². The molecule has 0 amide bonds. The van der Waals surface area contributed by atoms with Gasteiger partial charge in [0.05, 0.1) is 19.2 Å². The molecule has 0 aliphatic carbocycles. The summed E-state index contributed by atoms with van der Waals surface area (Å²) in [5.74, 6) is 0.476. The average molecular weight is 346 g/mol. The summed E-state index contributed by atoms with van der Waals surface area (Å²) in [7, 11) is 1.38. The molecule has 1 aliphatic rings. The van der Waals surface area contributed by atoms with Crippen molar-refractivity contribution in [1.82, 2.24) is 9.88 Å². The summed E-state index contributed by atoms with van der Waals surface area (Å²) in [5, 5.41) is 3.29. The minimum Gasteiger partial charge on any atom is -0.490 e. The van der Waals surface area contributed by atoms with Crippen LogP contribution in [0.1, 0.15) is 33.9 Å². The molecule has 0 unspecified atom stereocenters. The van der Waals surface area contributed by atoms with Crippen molar-refractivity contribution in [2.24, 2.45) is 0 Å². The van der Waals surface area contributed by atoms with E-state index in [0.29, 0.717) is 5.56 Å². The predicted molar refractivity (Wildman–Crippen MR) is 93.6 cm³/mol. The third-order valence-electron chi connectivity index (χ3n) is 4.14. The van der Waals surface area contributed by atoms with Crippen LogP contribution in [0.2, 0.25) is 0 Å². The van der Waals surface area contributed by atoms with E-state index in [1.807, 2.05) is 19.1 Å². The Bertz CT molecular complexity index is 676. The second kappa shape index (κ2) is 7.77. The number of thiazole rings is 1. The van der Waals surface area contributed by atoms with Crippen molar-refractivity contribution in [3.05, 3.63) is 45.9 Å². The van der Waals surface area contributed by atoms with E-state index in [1.54, 1.807) is 23.5 Å². The van der Waals surface area contributed by atoms with Gasteiger partial charge in [-0.25, -0.2) is 9.78 Å². The number of hydrogen-bond acceptors (Lipinski definition) is 6. The van der Waals surface area contributed by atoms with Gasteiger partial charge in [0.2, 0.25) is 0 Å². The summed E-state index contributed by atoms with van der Waals surface area (Å²) in [6, 6.07) is 7.14. The summed E-state index contributed by atoms with van der Waals surface area (Å²) in [6.45, 7) is 5.00. The fourth-order valence-corrected chi connectivity index (χ4v) is 3.64. The van der Waals surface area contributed by atoms with Gasteiger partial charge in [-0.05, 0) is 44.0 Å². The number of piperidine rings is 1. The highest BCUT2D eigenvalue weighted by atomic mass is 32.1. The minimum absolute atomic E-state index is 0.225. The van der Waals surface area contributed by atoms with Gasteiger partial charge in [-0.3, -0.25) is 4.90 Å². The molecule has 2 aromatic rings. The largest absolute Gasteiger partial charge is 0.490 e. The van der Waals surface area contributed by atoms with Crippen LogP contribution in [0.4, 0.5) is 0 Å². The summed E-state index contributed by atoms with van der Waals surface area (Å²) >= 11 is 1.73. The van der Waals surface area contributed by atoms with Gasteiger partial charge >= 0.3 is 5.97 Å². The van der Waals surface area contributed by atoms with Crippen LogP contribution in [0.5, 0.6) is 5.75 Å². The van der Waals surface area contributed by atoms with Gasteiger partial charge in [0, 0.05) is 24.2 Å². The number of hydrogen-bond donors (Lipinski definition) is 0. The molecule has 6 heteroatoms. The van der Waals surface area contributed by atoms with Crippen LogP contribution in [-0.4, -0.2) is 42.2 Å². The van der Waals surface area contributed by atoms with E-state index in [9.17, 15) is 4.79 Å². The lowest BCUT2D eigenvalue weighted by atomic mass is 10.1. The number of esters is 1. The first kappa shape index (κ1) is 16.9. The zero-order valence-corrected chi connectivity index (χ0v) is 14.8. The molecule has 0 spiro atoms. The normalized spacial score (nSPS) is 16.1. The average Bonchev–Trinajstić information content (AvgIpc) is 3.01. The number of rotatable bonds is 5. The van der Waals surface area contributed by atoms with Gasteiger partial charge in [-0.15, -0.1) is 11.3 Å². The molecule has 5 nitrogen and oxygen atoms in total. The van der Waals surface area contributed by atoms with Crippen LogP contribution in [-0.2, 0) is 11.3 Å². The van der Waals surface area contributed by atoms with E-state index in [4.69, 9.17) is 9.47 Å². The Hall–Kier alpha value is -1.92. The van der Waals surface area contributed by atoms with E-state index in [1.165, 1.54) is 12.1 Å². The maximum Gasteiger partial charge on any atom is 0.337 e. The maximum atomic E-state index is 11.4. The SMILES string of the molecule is COC(=O)c1ccc(OC2CCN(Cc3nc(C)cs3)CC2)cc1. The van der Waals surface area contributed by atoms with Crippen molar-refractivity contribution in [2.75, 3.05) is 20.2 Å². The third kappa shape index (κ3) is 4.33. The van der Waals surface area contributed by atoms with Crippen molar-refractivity contribution < 1.29 is 14.3 Å². The Kier molecular flexibility index (Phi) is 5.48. The Morgan fingerprint density at radius 2 is 2.00 bits per heavy atom. The summed E-state index contributed by atoms with van der Waals surface area (Å²) in [4.78, 5) is 18.4. The van der Waals surface area contributed by atoms with Gasteiger partial charge in [-0.2, -0.15) is 0 Å². The van der Waals surface area contributed by atoms with Gasteiger partial charge in [-0.1, -0.05) is 0 Å². The predicted octanol–water partition coefficient (Wildman–Crippen LogP) is 3.28. The molecule has 1 saturated heterocycles. The number of benzene rings is 1. The molecule has 3 rings (SSSR count). The lowest BCUT2D eigenvalue weighted by Gasteiger charge is -2.31. The van der Waals surface area contributed by atoms with Gasteiger partial charge < -0.3 is 9.47 Å². The molecule has 1 aromatic heterocycles. The number of likely N-dealkylation sites (tertiary alicyclic amines) is 1. The fourth-order valence-electron chi connectivity index (χ4n) is 2.83. The Morgan fingerprint density at radius 3 is 2.58 bits per heavy atom. The molecule has 0 saturated carbocycles. The molecule has 2 heterocycles. The third-order valence-corrected chi connectivity index (χ3v) is 5.09. The zero-order valence-electron chi connectivity index (χ0n) is 14.0. The van der Waals surface area contributed by atoms with E-state index in [2.05, 4.69) is 15.3 Å². The van der Waals surface area contributed by atoms with Crippen LogP contribution in [0, 0.1) is 6.92 Å². The minimum atomic E-state index is -0.327. The molecular formula is C18H22N2O3S.